The van der Waals surface area contributed by atoms with Gasteiger partial charge in [0.15, 0.2) is 0 Å². The number of carbonyl (C=O) groups excluding carboxylic acids is 2. The topological polar surface area (TPSA) is 68.3 Å². The first-order valence-electron chi connectivity index (χ1n) is 7.22. The monoisotopic (exact) mass is 310 g/mol. The minimum absolute atomic E-state index is 0.149. The Morgan fingerprint density at radius 2 is 1.91 bits per heavy atom. The van der Waals surface area contributed by atoms with Crippen molar-refractivity contribution in [2.75, 3.05) is 7.05 Å². The highest BCUT2D eigenvalue weighted by Gasteiger charge is 2.10. The number of rotatable bonds is 5. The molecule has 0 spiro atoms. The van der Waals surface area contributed by atoms with Crippen molar-refractivity contribution in [3.05, 3.63) is 71.6 Å². The standard InChI is InChI=1S/C18H18N2O3/c1-13(16-5-3-4-12-20-16)23-17(21)11-8-14-6-9-15(10-7-14)18(22)19-2/h3-13H,1-2H3,(H,19,22). The zero-order valence-electron chi connectivity index (χ0n) is 13.0. The van der Waals surface area contributed by atoms with Gasteiger partial charge in [0, 0.05) is 24.9 Å². The minimum Gasteiger partial charge on any atom is -0.453 e. The van der Waals surface area contributed by atoms with Crippen molar-refractivity contribution in [2.24, 2.45) is 0 Å². The van der Waals surface area contributed by atoms with Crippen LogP contribution in [0.1, 0.15) is 34.6 Å². The molecule has 23 heavy (non-hydrogen) atoms. The first-order chi connectivity index (χ1) is 11.1. The predicted octanol–water partition coefficient (Wildman–Crippen LogP) is 2.76. The van der Waals surface area contributed by atoms with Crippen LogP contribution >= 0.6 is 0 Å². The molecule has 0 fully saturated rings. The van der Waals surface area contributed by atoms with E-state index in [1.54, 1.807) is 62.6 Å². The number of pyridine rings is 1. The van der Waals surface area contributed by atoms with Gasteiger partial charge in [-0.05, 0) is 42.8 Å². The third-order valence-corrected chi connectivity index (χ3v) is 3.21. The molecule has 1 N–H and O–H groups in total. The summed E-state index contributed by atoms with van der Waals surface area (Å²) in [6, 6.07) is 12.4. The average Bonchev–Trinajstić information content (AvgIpc) is 2.60. The second-order valence-electron chi connectivity index (χ2n) is 4.87. The van der Waals surface area contributed by atoms with Crippen LogP contribution in [0.2, 0.25) is 0 Å². The van der Waals surface area contributed by atoms with Crippen molar-refractivity contribution in [1.82, 2.24) is 10.3 Å². The lowest BCUT2D eigenvalue weighted by atomic mass is 10.1. The fourth-order valence-corrected chi connectivity index (χ4v) is 1.94. The highest BCUT2D eigenvalue weighted by molar-refractivity contribution is 5.94. The van der Waals surface area contributed by atoms with Crippen LogP contribution in [0.15, 0.2) is 54.7 Å². The van der Waals surface area contributed by atoms with Gasteiger partial charge in [-0.3, -0.25) is 9.78 Å². The van der Waals surface area contributed by atoms with Crippen molar-refractivity contribution in [1.29, 1.82) is 0 Å². The van der Waals surface area contributed by atoms with Gasteiger partial charge in [0.25, 0.3) is 5.91 Å². The zero-order valence-corrected chi connectivity index (χ0v) is 13.0. The molecule has 2 rings (SSSR count). The number of ether oxygens (including phenoxy) is 1. The van der Waals surface area contributed by atoms with Crippen LogP contribution in [0.5, 0.6) is 0 Å². The summed E-state index contributed by atoms with van der Waals surface area (Å²) in [4.78, 5) is 27.4. The SMILES string of the molecule is CNC(=O)c1ccc(C=CC(=O)OC(C)c2ccccn2)cc1. The number of esters is 1. The minimum atomic E-state index is -0.446. The third kappa shape index (κ3) is 4.78. The van der Waals surface area contributed by atoms with Crippen molar-refractivity contribution in [3.63, 3.8) is 0 Å². The number of aromatic nitrogens is 1. The molecule has 1 heterocycles. The molecule has 118 valence electrons. The second kappa shape index (κ2) is 7.89. The Kier molecular flexibility index (Phi) is 5.63. The van der Waals surface area contributed by atoms with E-state index in [4.69, 9.17) is 4.74 Å². The molecule has 1 aromatic carbocycles. The summed E-state index contributed by atoms with van der Waals surface area (Å²) in [5.41, 5.74) is 2.07. The summed E-state index contributed by atoms with van der Waals surface area (Å²) < 4.78 is 5.29. The molecular formula is C18H18N2O3. The smallest absolute Gasteiger partial charge is 0.331 e. The molecule has 5 heteroatoms. The van der Waals surface area contributed by atoms with E-state index in [0.29, 0.717) is 11.3 Å². The molecular weight excluding hydrogens is 292 g/mol. The average molecular weight is 310 g/mol. The summed E-state index contributed by atoms with van der Waals surface area (Å²) >= 11 is 0. The van der Waals surface area contributed by atoms with Crippen LogP contribution in [0.4, 0.5) is 0 Å². The Hall–Kier alpha value is -2.95. The van der Waals surface area contributed by atoms with Crippen molar-refractivity contribution < 1.29 is 14.3 Å². The molecule has 5 nitrogen and oxygen atoms in total. The largest absolute Gasteiger partial charge is 0.453 e. The van der Waals surface area contributed by atoms with E-state index in [1.807, 2.05) is 6.07 Å². The summed E-state index contributed by atoms with van der Waals surface area (Å²) in [5.74, 6) is -0.595. The van der Waals surface area contributed by atoms with Gasteiger partial charge in [-0.2, -0.15) is 0 Å². The van der Waals surface area contributed by atoms with E-state index in [9.17, 15) is 9.59 Å². The Bertz CT molecular complexity index is 694. The number of hydrogen-bond acceptors (Lipinski definition) is 4. The molecule has 2 aromatic rings. The quantitative estimate of drug-likeness (QED) is 0.681. The maximum atomic E-state index is 11.8. The first-order valence-corrected chi connectivity index (χ1v) is 7.22. The molecule has 1 aromatic heterocycles. The predicted molar refractivity (Wildman–Crippen MR) is 87.6 cm³/mol. The molecule has 1 unspecified atom stereocenters. The van der Waals surface area contributed by atoms with Crippen molar-refractivity contribution in [3.8, 4) is 0 Å². The molecule has 0 bridgehead atoms. The number of hydrogen-bond donors (Lipinski definition) is 1. The van der Waals surface area contributed by atoms with Crippen LogP contribution in [0.3, 0.4) is 0 Å². The molecule has 0 radical (unpaired) electrons. The van der Waals surface area contributed by atoms with Gasteiger partial charge in [0.2, 0.25) is 0 Å². The Balaban J connectivity index is 1.94. The van der Waals surface area contributed by atoms with E-state index in [2.05, 4.69) is 10.3 Å². The fraction of sp³-hybridized carbons (Fsp3) is 0.167. The number of carbonyl (C=O) groups is 2. The summed E-state index contributed by atoms with van der Waals surface area (Å²) in [6.45, 7) is 1.77. The van der Waals surface area contributed by atoms with Gasteiger partial charge in [0.1, 0.15) is 6.10 Å². The van der Waals surface area contributed by atoms with E-state index < -0.39 is 12.1 Å². The number of nitrogens with one attached hydrogen (secondary N) is 1. The third-order valence-electron chi connectivity index (χ3n) is 3.21. The molecule has 0 saturated carbocycles. The normalized spacial score (nSPS) is 11.9. The van der Waals surface area contributed by atoms with E-state index in [1.165, 1.54) is 6.08 Å². The number of nitrogens with zero attached hydrogens (tertiary/aromatic N) is 1. The summed E-state index contributed by atoms with van der Waals surface area (Å²) in [5, 5.41) is 2.55. The maximum Gasteiger partial charge on any atom is 0.331 e. The molecule has 0 aliphatic heterocycles. The highest BCUT2D eigenvalue weighted by Crippen LogP contribution is 2.14. The highest BCUT2D eigenvalue weighted by atomic mass is 16.5. The van der Waals surface area contributed by atoms with Crippen molar-refractivity contribution >= 4 is 18.0 Å². The lowest BCUT2D eigenvalue weighted by molar-refractivity contribution is -0.142. The van der Waals surface area contributed by atoms with Gasteiger partial charge in [-0.15, -0.1) is 0 Å². The van der Waals surface area contributed by atoms with Crippen LogP contribution < -0.4 is 5.32 Å². The van der Waals surface area contributed by atoms with Crippen LogP contribution in [-0.4, -0.2) is 23.9 Å². The summed E-state index contributed by atoms with van der Waals surface area (Å²) in [6.07, 6.45) is 4.24. The van der Waals surface area contributed by atoms with E-state index >= 15 is 0 Å². The van der Waals surface area contributed by atoms with Gasteiger partial charge in [-0.1, -0.05) is 18.2 Å². The molecule has 0 aliphatic rings. The Morgan fingerprint density at radius 1 is 1.17 bits per heavy atom. The lowest BCUT2D eigenvalue weighted by Crippen LogP contribution is -2.17. The van der Waals surface area contributed by atoms with Gasteiger partial charge in [-0.25, -0.2) is 4.79 Å². The molecule has 0 saturated heterocycles. The van der Waals surface area contributed by atoms with Gasteiger partial charge < -0.3 is 10.1 Å². The fourth-order valence-electron chi connectivity index (χ4n) is 1.94. The lowest BCUT2D eigenvalue weighted by Gasteiger charge is -2.10. The molecule has 1 amide bonds. The Morgan fingerprint density at radius 3 is 2.52 bits per heavy atom. The van der Waals surface area contributed by atoms with Crippen LogP contribution in [0.25, 0.3) is 6.08 Å². The zero-order chi connectivity index (χ0) is 16.7. The van der Waals surface area contributed by atoms with Crippen LogP contribution in [-0.2, 0) is 9.53 Å². The number of amides is 1. The van der Waals surface area contributed by atoms with E-state index in [-0.39, 0.29) is 5.91 Å². The Labute approximate surface area is 135 Å². The van der Waals surface area contributed by atoms with Crippen molar-refractivity contribution in [2.45, 2.75) is 13.0 Å². The second-order valence-corrected chi connectivity index (χ2v) is 4.87. The molecule has 1 atom stereocenters. The number of benzene rings is 1. The first kappa shape index (κ1) is 16.4. The van der Waals surface area contributed by atoms with Crippen LogP contribution in [0, 0.1) is 0 Å². The van der Waals surface area contributed by atoms with Gasteiger partial charge in [0.05, 0.1) is 5.69 Å². The van der Waals surface area contributed by atoms with Gasteiger partial charge >= 0.3 is 5.97 Å². The molecule has 0 aliphatic carbocycles. The summed E-state index contributed by atoms with van der Waals surface area (Å²) in [7, 11) is 1.58. The maximum absolute atomic E-state index is 11.8. The van der Waals surface area contributed by atoms with E-state index in [0.717, 1.165) is 5.56 Å².